The van der Waals surface area contributed by atoms with Gasteiger partial charge < -0.3 is 0 Å². The number of aromatic nitrogens is 2. The van der Waals surface area contributed by atoms with Gasteiger partial charge in [0.2, 0.25) is 0 Å². The van der Waals surface area contributed by atoms with Crippen LogP contribution in [0.1, 0.15) is 19.4 Å². The molecule has 0 aromatic carbocycles. The van der Waals surface area contributed by atoms with Gasteiger partial charge in [0.05, 0.1) is 15.7 Å². The van der Waals surface area contributed by atoms with Crippen LogP contribution in [0.4, 0.5) is 0 Å². The topological polar surface area (TPSA) is 25.8 Å². The Labute approximate surface area is 76.3 Å². The number of rotatable bonds is 0. The summed E-state index contributed by atoms with van der Waals surface area (Å²) < 4.78 is 1.17. The molecular formula is C9H12N2S. The summed E-state index contributed by atoms with van der Waals surface area (Å²) in [6, 6.07) is 0. The Morgan fingerprint density at radius 2 is 2.00 bits per heavy atom. The summed E-state index contributed by atoms with van der Waals surface area (Å²) in [4.78, 5) is 8.25. The molecule has 0 bridgehead atoms. The molecule has 2 rings (SSSR count). The molecule has 2 nitrogen and oxygen atoms in total. The highest BCUT2D eigenvalue weighted by Crippen LogP contribution is 2.18. The first-order chi connectivity index (χ1) is 5.88. The lowest BCUT2D eigenvalue weighted by Crippen LogP contribution is -1.76. The average molecular weight is 180 g/mol. The molecule has 0 atom stereocenters. The zero-order valence-corrected chi connectivity index (χ0v) is 8.35. The molecule has 0 saturated carbocycles. The number of hydrogen-bond donors (Lipinski definition) is 0. The van der Waals surface area contributed by atoms with E-state index >= 15 is 0 Å². The molecular weight excluding hydrogens is 168 g/mol. The van der Waals surface area contributed by atoms with Crippen LogP contribution in [-0.4, -0.2) is 9.97 Å². The molecule has 2 aromatic heterocycles. The maximum Gasteiger partial charge on any atom is 0.0872 e. The minimum absolute atomic E-state index is 1.08. The van der Waals surface area contributed by atoms with E-state index < -0.39 is 0 Å². The molecule has 0 N–H and O–H groups in total. The highest BCUT2D eigenvalue weighted by molar-refractivity contribution is 7.16. The van der Waals surface area contributed by atoms with Gasteiger partial charge in [-0.3, -0.25) is 4.98 Å². The van der Waals surface area contributed by atoms with Gasteiger partial charge in [0.25, 0.3) is 0 Å². The largest absolute Gasteiger partial charge is 0.263 e. The van der Waals surface area contributed by atoms with E-state index in [0.717, 1.165) is 11.1 Å². The number of hydrogen-bond acceptors (Lipinski definition) is 3. The van der Waals surface area contributed by atoms with Crippen molar-refractivity contribution < 1.29 is 0 Å². The number of aryl methyl sites for hydroxylation is 1. The van der Waals surface area contributed by atoms with E-state index in [9.17, 15) is 0 Å². The Hall–Kier alpha value is -0.960. The fourth-order valence-corrected chi connectivity index (χ4v) is 1.64. The minimum atomic E-state index is 1.08. The Bertz CT molecular complexity index is 354. The standard InChI is InChI=1S/C7H6N2S.C2H6/c1-5-2-8-3-6-7(5)9-4-10-6;1-2/h2-4H,1H3;1-2H3. The Morgan fingerprint density at radius 1 is 1.25 bits per heavy atom. The summed E-state index contributed by atoms with van der Waals surface area (Å²) in [5, 5.41) is 0. The van der Waals surface area contributed by atoms with E-state index in [4.69, 9.17) is 0 Å². The van der Waals surface area contributed by atoms with E-state index in [1.54, 1.807) is 11.3 Å². The van der Waals surface area contributed by atoms with Crippen molar-refractivity contribution in [2.75, 3.05) is 0 Å². The van der Waals surface area contributed by atoms with Crippen molar-refractivity contribution in [3.8, 4) is 0 Å². The van der Waals surface area contributed by atoms with Crippen LogP contribution in [-0.2, 0) is 0 Å². The molecule has 0 aliphatic carbocycles. The number of fused-ring (bicyclic) bond motifs is 1. The fourth-order valence-electron chi connectivity index (χ4n) is 0.921. The molecule has 0 fully saturated rings. The van der Waals surface area contributed by atoms with Gasteiger partial charge in [-0.25, -0.2) is 4.98 Å². The van der Waals surface area contributed by atoms with Crippen LogP contribution in [0.15, 0.2) is 17.9 Å². The summed E-state index contributed by atoms with van der Waals surface area (Å²) in [6.07, 6.45) is 3.68. The van der Waals surface area contributed by atoms with Gasteiger partial charge >= 0.3 is 0 Å². The summed E-state index contributed by atoms with van der Waals surface area (Å²) in [6.45, 7) is 6.02. The first-order valence-corrected chi connectivity index (χ1v) is 4.90. The van der Waals surface area contributed by atoms with Gasteiger partial charge in [-0.2, -0.15) is 0 Å². The molecule has 64 valence electrons. The van der Waals surface area contributed by atoms with Crippen molar-refractivity contribution in [2.45, 2.75) is 20.8 Å². The second-order valence-corrected chi connectivity index (χ2v) is 3.04. The van der Waals surface area contributed by atoms with Crippen LogP contribution in [0.3, 0.4) is 0 Å². The van der Waals surface area contributed by atoms with Gasteiger partial charge in [-0.15, -0.1) is 11.3 Å². The maximum atomic E-state index is 4.20. The van der Waals surface area contributed by atoms with E-state index in [1.807, 2.05) is 38.7 Å². The molecule has 0 aliphatic heterocycles. The van der Waals surface area contributed by atoms with Crippen molar-refractivity contribution in [1.29, 1.82) is 0 Å². The molecule has 0 saturated heterocycles. The van der Waals surface area contributed by atoms with Crippen LogP contribution in [0.2, 0.25) is 0 Å². The highest BCUT2D eigenvalue weighted by atomic mass is 32.1. The summed E-state index contributed by atoms with van der Waals surface area (Å²) >= 11 is 1.63. The minimum Gasteiger partial charge on any atom is -0.263 e. The van der Waals surface area contributed by atoms with Crippen LogP contribution in [0, 0.1) is 6.92 Å². The van der Waals surface area contributed by atoms with Crippen molar-refractivity contribution in [3.05, 3.63) is 23.5 Å². The lowest BCUT2D eigenvalue weighted by molar-refractivity contribution is 1.29. The van der Waals surface area contributed by atoms with E-state index in [-0.39, 0.29) is 0 Å². The third-order valence-corrected chi connectivity index (χ3v) is 2.19. The molecule has 2 heterocycles. The second-order valence-electron chi connectivity index (χ2n) is 2.16. The molecule has 0 amide bonds. The van der Waals surface area contributed by atoms with Crippen LogP contribution >= 0.6 is 11.3 Å². The van der Waals surface area contributed by atoms with Crippen molar-refractivity contribution in [1.82, 2.24) is 9.97 Å². The summed E-state index contributed by atoms with van der Waals surface area (Å²) in [5.74, 6) is 0. The maximum absolute atomic E-state index is 4.20. The number of pyridine rings is 1. The zero-order chi connectivity index (χ0) is 8.97. The van der Waals surface area contributed by atoms with Crippen LogP contribution in [0.25, 0.3) is 10.2 Å². The lowest BCUT2D eigenvalue weighted by atomic mass is 10.3. The normalized spacial score (nSPS) is 9.25. The van der Waals surface area contributed by atoms with Crippen molar-refractivity contribution >= 4 is 21.6 Å². The van der Waals surface area contributed by atoms with E-state index in [0.29, 0.717) is 0 Å². The molecule has 12 heavy (non-hydrogen) atoms. The number of nitrogens with zero attached hydrogens (tertiary/aromatic N) is 2. The van der Waals surface area contributed by atoms with Crippen LogP contribution < -0.4 is 0 Å². The predicted octanol–water partition coefficient (Wildman–Crippen LogP) is 3.03. The van der Waals surface area contributed by atoms with Crippen molar-refractivity contribution in [2.24, 2.45) is 0 Å². The Kier molecular flexibility index (Phi) is 3.17. The van der Waals surface area contributed by atoms with Gasteiger partial charge in [-0.05, 0) is 12.5 Å². The SMILES string of the molecule is CC.Cc1cncc2scnc12. The van der Waals surface area contributed by atoms with Gasteiger partial charge in [0.1, 0.15) is 0 Å². The fraction of sp³-hybridized carbons (Fsp3) is 0.333. The highest BCUT2D eigenvalue weighted by Gasteiger charge is 1.97. The molecule has 0 radical (unpaired) electrons. The van der Waals surface area contributed by atoms with Crippen molar-refractivity contribution in [3.63, 3.8) is 0 Å². The third-order valence-electron chi connectivity index (χ3n) is 1.43. The molecule has 0 unspecified atom stereocenters. The molecule has 2 aromatic rings. The van der Waals surface area contributed by atoms with Crippen LogP contribution in [0.5, 0.6) is 0 Å². The summed E-state index contributed by atoms with van der Waals surface area (Å²) in [5.41, 5.74) is 4.08. The lowest BCUT2D eigenvalue weighted by Gasteiger charge is -1.89. The average Bonchev–Trinajstić information content (AvgIpc) is 2.57. The summed E-state index contributed by atoms with van der Waals surface area (Å²) in [7, 11) is 0. The monoisotopic (exact) mass is 180 g/mol. The number of thiazole rings is 1. The Balaban J connectivity index is 0.000000336. The zero-order valence-electron chi connectivity index (χ0n) is 7.53. The molecule has 0 spiro atoms. The predicted molar refractivity (Wildman–Crippen MR) is 53.5 cm³/mol. The third kappa shape index (κ3) is 1.61. The van der Waals surface area contributed by atoms with E-state index in [1.165, 1.54) is 4.70 Å². The smallest absolute Gasteiger partial charge is 0.0872 e. The van der Waals surface area contributed by atoms with Gasteiger partial charge in [0.15, 0.2) is 0 Å². The Morgan fingerprint density at radius 3 is 2.67 bits per heavy atom. The first kappa shape index (κ1) is 9.13. The van der Waals surface area contributed by atoms with E-state index in [2.05, 4.69) is 9.97 Å². The molecule has 3 heteroatoms. The second kappa shape index (κ2) is 4.16. The van der Waals surface area contributed by atoms with Gasteiger partial charge in [-0.1, -0.05) is 13.8 Å². The quantitative estimate of drug-likeness (QED) is 0.622. The molecule has 0 aliphatic rings. The first-order valence-electron chi connectivity index (χ1n) is 4.02. The van der Waals surface area contributed by atoms with Gasteiger partial charge in [0, 0.05) is 12.4 Å².